The molecule has 0 fully saturated rings. The van der Waals surface area contributed by atoms with Gasteiger partial charge in [0.05, 0.1) is 12.1 Å². The van der Waals surface area contributed by atoms with Gasteiger partial charge in [-0.05, 0) is 29.5 Å². The minimum atomic E-state index is 0.739. The standard InChI is InChI=1S/C11H11ClOS/c1-3-7-6-14-9-5-4-8(13-2)11(12)10(7)9/h4-6H,3H2,1-2H3. The van der Waals surface area contributed by atoms with Crippen LogP contribution in [-0.2, 0) is 6.42 Å². The number of hydrogen-bond acceptors (Lipinski definition) is 2. The van der Waals surface area contributed by atoms with Crippen molar-refractivity contribution in [1.82, 2.24) is 0 Å². The Hall–Kier alpha value is -0.730. The average molecular weight is 227 g/mol. The van der Waals surface area contributed by atoms with Crippen molar-refractivity contribution in [2.75, 3.05) is 7.11 Å². The van der Waals surface area contributed by atoms with Crippen molar-refractivity contribution >= 4 is 33.0 Å². The van der Waals surface area contributed by atoms with E-state index in [-0.39, 0.29) is 0 Å². The average Bonchev–Trinajstić information content (AvgIpc) is 2.62. The summed E-state index contributed by atoms with van der Waals surface area (Å²) >= 11 is 7.98. The summed E-state index contributed by atoms with van der Waals surface area (Å²) in [6, 6.07) is 3.98. The third-order valence-corrected chi connectivity index (χ3v) is 3.69. The van der Waals surface area contributed by atoms with E-state index in [0.29, 0.717) is 0 Å². The SMILES string of the molecule is CCc1csc2ccc(OC)c(Cl)c12. The lowest BCUT2D eigenvalue weighted by molar-refractivity contribution is 0.415. The molecule has 0 N–H and O–H groups in total. The monoisotopic (exact) mass is 226 g/mol. The molecule has 2 aromatic rings. The van der Waals surface area contributed by atoms with Crippen LogP contribution in [0.25, 0.3) is 10.1 Å². The molecule has 1 nitrogen and oxygen atoms in total. The van der Waals surface area contributed by atoms with E-state index in [0.717, 1.165) is 22.6 Å². The summed E-state index contributed by atoms with van der Waals surface area (Å²) in [4.78, 5) is 0. The molecule has 0 atom stereocenters. The van der Waals surface area contributed by atoms with E-state index in [2.05, 4.69) is 18.4 Å². The van der Waals surface area contributed by atoms with Gasteiger partial charge in [-0.1, -0.05) is 18.5 Å². The highest BCUT2D eigenvalue weighted by Crippen LogP contribution is 2.38. The van der Waals surface area contributed by atoms with Gasteiger partial charge >= 0.3 is 0 Å². The number of rotatable bonds is 2. The molecule has 14 heavy (non-hydrogen) atoms. The minimum absolute atomic E-state index is 0.739. The molecule has 0 aliphatic rings. The van der Waals surface area contributed by atoms with Gasteiger partial charge in [0.1, 0.15) is 5.75 Å². The summed E-state index contributed by atoms with van der Waals surface area (Å²) in [5.41, 5.74) is 1.30. The molecule has 0 radical (unpaired) electrons. The first-order chi connectivity index (χ1) is 6.77. The first-order valence-electron chi connectivity index (χ1n) is 4.50. The van der Waals surface area contributed by atoms with Crippen LogP contribution < -0.4 is 4.74 Å². The second-order valence-electron chi connectivity index (χ2n) is 3.07. The van der Waals surface area contributed by atoms with Gasteiger partial charge in [-0.2, -0.15) is 0 Å². The van der Waals surface area contributed by atoms with Crippen molar-refractivity contribution in [3.63, 3.8) is 0 Å². The lowest BCUT2D eigenvalue weighted by atomic mass is 10.1. The molecule has 0 saturated heterocycles. The first kappa shape index (κ1) is 9.81. The van der Waals surface area contributed by atoms with Crippen LogP contribution in [0.1, 0.15) is 12.5 Å². The van der Waals surface area contributed by atoms with E-state index >= 15 is 0 Å². The number of aryl methyl sites for hydroxylation is 1. The maximum atomic E-state index is 6.25. The molecule has 0 aliphatic carbocycles. The summed E-state index contributed by atoms with van der Waals surface area (Å²) in [5, 5.41) is 4.05. The maximum Gasteiger partial charge on any atom is 0.138 e. The highest BCUT2D eigenvalue weighted by molar-refractivity contribution is 7.17. The van der Waals surface area contributed by atoms with Crippen LogP contribution in [0.2, 0.25) is 5.02 Å². The molecular weight excluding hydrogens is 216 g/mol. The fraction of sp³-hybridized carbons (Fsp3) is 0.273. The quantitative estimate of drug-likeness (QED) is 0.749. The third kappa shape index (κ3) is 1.39. The van der Waals surface area contributed by atoms with Crippen LogP contribution >= 0.6 is 22.9 Å². The van der Waals surface area contributed by atoms with Crippen LogP contribution in [0.5, 0.6) is 5.75 Å². The minimum Gasteiger partial charge on any atom is -0.495 e. The Kier molecular flexibility index (Phi) is 2.66. The van der Waals surface area contributed by atoms with Gasteiger partial charge < -0.3 is 4.74 Å². The second kappa shape index (κ2) is 3.79. The molecule has 0 bridgehead atoms. The Labute approximate surface area is 92.3 Å². The van der Waals surface area contributed by atoms with Crippen molar-refractivity contribution in [2.24, 2.45) is 0 Å². The Morgan fingerprint density at radius 1 is 1.43 bits per heavy atom. The van der Waals surface area contributed by atoms with E-state index in [1.807, 2.05) is 6.07 Å². The van der Waals surface area contributed by atoms with Crippen molar-refractivity contribution in [1.29, 1.82) is 0 Å². The van der Waals surface area contributed by atoms with Crippen molar-refractivity contribution in [3.05, 3.63) is 28.1 Å². The zero-order valence-electron chi connectivity index (χ0n) is 8.13. The lowest BCUT2D eigenvalue weighted by Gasteiger charge is -2.04. The summed E-state index contributed by atoms with van der Waals surface area (Å²) < 4.78 is 6.42. The predicted molar refractivity (Wildman–Crippen MR) is 62.8 cm³/mol. The molecule has 0 saturated carbocycles. The summed E-state index contributed by atoms with van der Waals surface area (Å²) in [6.45, 7) is 2.14. The molecule has 1 aromatic carbocycles. The molecular formula is C11H11ClOS. The van der Waals surface area contributed by atoms with E-state index in [4.69, 9.17) is 16.3 Å². The number of ether oxygens (including phenoxy) is 1. The van der Waals surface area contributed by atoms with E-state index in [1.165, 1.54) is 10.3 Å². The molecule has 0 spiro atoms. The topological polar surface area (TPSA) is 9.23 Å². The Balaban J connectivity index is 2.77. The molecule has 3 heteroatoms. The van der Waals surface area contributed by atoms with Gasteiger partial charge in [0.15, 0.2) is 0 Å². The molecule has 0 unspecified atom stereocenters. The van der Waals surface area contributed by atoms with Crippen LogP contribution in [0.3, 0.4) is 0 Å². The maximum absolute atomic E-state index is 6.25. The van der Waals surface area contributed by atoms with Gasteiger partial charge in [0.2, 0.25) is 0 Å². The largest absolute Gasteiger partial charge is 0.495 e. The molecule has 1 heterocycles. The van der Waals surface area contributed by atoms with Gasteiger partial charge in [-0.15, -0.1) is 11.3 Å². The smallest absolute Gasteiger partial charge is 0.138 e. The lowest BCUT2D eigenvalue weighted by Crippen LogP contribution is -1.85. The Morgan fingerprint density at radius 2 is 2.21 bits per heavy atom. The first-order valence-corrected chi connectivity index (χ1v) is 5.76. The number of fused-ring (bicyclic) bond motifs is 1. The summed E-state index contributed by atoms with van der Waals surface area (Å²) in [7, 11) is 1.64. The summed E-state index contributed by atoms with van der Waals surface area (Å²) in [5.74, 6) is 0.757. The van der Waals surface area contributed by atoms with Crippen LogP contribution in [0, 0.1) is 0 Å². The van der Waals surface area contributed by atoms with Gasteiger partial charge in [0, 0.05) is 10.1 Å². The predicted octanol–water partition coefficient (Wildman–Crippen LogP) is 4.13. The number of benzene rings is 1. The fourth-order valence-electron chi connectivity index (χ4n) is 1.55. The number of thiophene rings is 1. The molecule has 0 amide bonds. The van der Waals surface area contributed by atoms with Crippen molar-refractivity contribution < 1.29 is 4.74 Å². The van der Waals surface area contributed by atoms with E-state index in [9.17, 15) is 0 Å². The van der Waals surface area contributed by atoms with Crippen molar-refractivity contribution in [3.8, 4) is 5.75 Å². The molecule has 74 valence electrons. The second-order valence-corrected chi connectivity index (χ2v) is 4.36. The normalized spacial score (nSPS) is 10.8. The van der Waals surface area contributed by atoms with Crippen LogP contribution in [0.4, 0.5) is 0 Å². The number of halogens is 1. The molecule has 2 rings (SSSR count). The molecule has 0 aliphatic heterocycles. The van der Waals surface area contributed by atoms with Crippen LogP contribution in [0.15, 0.2) is 17.5 Å². The number of methoxy groups -OCH3 is 1. The third-order valence-electron chi connectivity index (χ3n) is 2.32. The Bertz CT molecular complexity index is 462. The Morgan fingerprint density at radius 3 is 2.86 bits per heavy atom. The highest BCUT2D eigenvalue weighted by atomic mass is 35.5. The highest BCUT2D eigenvalue weighted by Gasteiger charge is 2.10. The van der Waals surface area contributed by atoms with E-state index < -0.39 is 0 Å². The zero-order valence-corrected chi connectivity index (χ0v) is 9.71. The van der Waals surface area contributed by atoms with Gasteiger partial charge in [0.25, 0.3) is 0 Å². The molecule has 1 aromatic heterocycles. The number of hydrogen-bond donors (Lipinski definition) is 0. The van der Waals surface area contributed by atoms with Gasteiger partial charge in [-0.3, -0.25) is 0 Å². The van der Waals surface area contributed by atoms with Gasteiger partial charge in [-0.25, -0.2) is 0 Å². The van der Waals surface area contributed by atoms with Crippen molar-refractivity contribution in [2.45, 2.75) is 13.3 Å². The van der Waals surface area contributed by atoms with Crippen LogP contribution in [-0.4, -0.2) is 7.11 Å². The van der Waals surface area contributed by atoms with E-state index in [1.54, 1.807) is 18.4 Å². The zero-order chi connectivity index (χ0) is 10.1. The fourth-order valence-corrected chi connectivity index (χ4v) is 3.02. The summed E-state index contributed by atoms with van der Waals surface area (Å²) in [6.07, 6.45) is 1.01.